The molecule has 16 heavy (non-hydrogen) atoms. The number of aromatic amines is 1. The van der Waals surface area contributed by atoms with Gasteiger partial charge in [-0.3, -0.25) is 0 Å². The highest BCUT2D eigenvalue weighted by molar-refractivity contribution is 7.71. The van der Waals surface area contributed by atoms with Crippen molar-refractivity contribution in [3.8, 4) is 0 Å². The van der Waals surface area contributed by atoms with Gasteiger partial charge in [-0.2, -0.15) is 0 Å². The Morgan fingerprint density at radius 2 is 2.25 bits per heavy atom. The predicted octanol–water partition coefficient (Wildman–Crippen LogP) is 2.32. The standard InChI is InChI=1S/C9H15N3O3S/c1-5(6-11-12-8(16)14-6)10-7(13)15-9(2,3)4/h5H,1-4H3,(H,10,13)(H,12,16). The summed E-state index contributed by atoms with van der Waals surface area (Å²) in [6, 6.07) is -0.400. The smallest absolute Gasteiger partial charge is 0.408 e. The summed E-state index contributed by atoms with van der Waals surface area (Å²) in [6.45, 7) is 7.09. The van der Waals surface area contributed by atoms with Crippen molar-refractivity contribution in [1.82, 2.24) is 15.5 Å². The molecule has 1 heterocycles. The van der Waals surface area contributed by atoms with Gasteiger partial charge >= 0.3 is 6.09 Å². The number of ether oxygens (including phenoxy) is 1. The Bertz CT molecular complexity index is 418. The van der Waals surface area contributed by atoms with Crippen molar-refractivity contribution in [3.05, 3.63) is 10.7 Å². The molecular weight excluding hydrogens is 230 g/mol. The van der Waals surface area contributed by atoms with Gasteiger partial charge in [0.2, 0.25) is 5.89 Å². The molecule has 90 valence electrons. The van der Waals surface area contributed by atoms with E-state index in [1.54, 1.807) is 27.7 Å². The summed E-state index contributed by atoms with van der Waals surface area (Å²) < 4.78 is 10.1. The maximum Gasteiger partial charge on any atom is 0.408 e. The van der Waals surface area contributed by atoms with Gasteiger partial charge in [0.15, 0.2) is 0 Å². The molecule has 0 bridgehead atoms. The second-order valence-corrected chi connectivity index (χ2v) is 4.69. The molecule has 0 spiro atoms. The molecule has 1 rings (SSSR count). The molecule has 1 amide bonds. The van der Waals surface area contributed by atoms with Gasteiger partial charge in [0.1, 0.15) is 11.6 Å². The van der Waals surface area contributed by atoms with Gasteiger partial charge in [-0.05, 0) is 39.9 Å². The molecule has 0 aliphatic rings. The van der Waals surface area contributed by atoms with E-state index >= 15 is 0 Å². The van der Waals surface area contributed by atoms with Crippen LogP contribution in [0.2, 0.25) is 0 Å². The van der Waals surface area contributed by atoms with E-state index in [0.29, 0.717) is 5.89 Å². The molecule has 0 aromatic carbocycles. The molecule has 7 heteroatoms. The van der Waals surface area contributed by atoms with Crippen molar-refractivity contribution >= 4 is 18.3 Å². The number of hydrogen-bond donors (Lipinski definition) is 2. The molecule has 1 aromatic rings. The number of alkyl carbamates (subject to hydrolysis) is 1. The van der Waals surface area contributed by atoms with Crippen LogP contribution in [0, 0.1) is 4.84 Å². The van der Waals surface area contributed by atoms with Crippen molar-refractivity contribution in [2.45, 2.75) is 39.3 Å². The van der Waals surface area contributed by atoms with Crippen LogP contribution in [0.1, 0.15) is 39.6 Å². The average molecular weight is 245 g/mol. The Morgan fingerprint density at radius 3 is 2.69 bits per heavy atom. The maximum absolute atomic E-state index is 11.4. The Morgan fingerprint density at radius 1 is 1.62 bits per heavy atom. The minimum atomic E-state index is -0.532. The molecule has 1 unspecified atom stereocenters. The van der Waals surface area contributed by atoms with Crippen LogP contribution in [0.15, 0.2) is 4.42 Å². The van der Waals surface area contributed by atoms with Gasteiger partial charge in [-0.15, -0.1) is 5.10 Å². The summed E-state index contributed by atoms with van der Waals surface area (Å²) in [5, 5.41) is 8.86. The lowest BCUT2D eigenvalue weighted by molar-refractivity contribution is 0.0500. The van der Waals surface area contributed by atoms with Crippen LogP contribution in [0.25, 0.3) is 0 Å². The summed E-state index contributed by atoms with van der Waals surface area (Å²) >= 11 is 4.72. The summed E-state index contributed by atoms with van der Waals surface area (Å²) in [7, 11) is 0. The van der Waals surface area contributed by atoms with Gasteiger partial charge < -0.3 is 14.5 Å². The molecule has 0 fully saturated rings. The number of nitrogens with one attached hydrogen (secondary N) is 2. The van der Waals surface area contributed by atoms with E-state index in [9.17, 15) is 4.79 Å². The number of H-pyrrole nitrogens is 1. The second-order valence-electron chi connectivity index (χ2n) is 4.32. The fraction of sp³-hybridized carbons (Fsp3) is 0.667. The zero-order chi connectivity index (χ0) is 12.3. The summed E-state index contributed by atoms with van der Waals surface area (Å²) in [5.41, 5.74) is -0.532. The van der Waals surface area contributed by atoms with E-state index in [0.717, 1.165) is 0 Å². The predicted molar refractivity (Wildman–Crippen MR) is 59.5 cm³/mol. The van der Waals surface area contributed by atoms with Crippen molar-refractivity contribution in [2.75, 3.05) is 0 Å². The topological polar surface area (TPSA) is 80.1 Å². The van der Waals surface area contributed by atoms with Crippen LogP contribution in [0.3, 0.4) is 0 Å². The van der Waals surface area contributed by atoms with E-state index < -0.39 is 17.7 Å². The first-order valence-electron chi connectivity index (χ1n) is 4.83. The SMILES string of the molecule is CC(NC(=O)OC(C)(C)C)c1n[nH]c(=S)o1. The summed E-state index contributed by atoms with van der Waals surface area (Å²) in [5.74, 6) is 0.316. The van der Waals surface area contributed by atoms with E-state index in [1.807, 2.05) is 0 Å². The first-order valence-corrected chi connectivity index (χ1v) is 5.23. The molecule has 0 saturated heterocycles. The molecule has 1 atom stereocenters. The highest BCUT2D eigenvalue weighted by Crippen LogP contribution is 2.11. The van der Waals surface area contributed by atoms with Crippen molar-refractivity contribution in [3.63, 3.8) is 0 Å². The minimum absolute atomic E-state index is 0.174. The molecular formula is C9H15N3O3S. The first-order chi connectivity index (χ1) is 7.28. The molecule has 0 saturated carbocycles. The largest absolute Gasteiger partial charge is 0.444 e. The lowest BCUT2D eigenvalue weighted by atomic mass is 10.2. The van der Waals surface area contributed by atoms with E-state index in [1.165, 1.54) is 0 Å². The van der Waals surface area contributed by atoms with Crippen molar-refractivity contribution < 1.29 is 13.9 Å². The third-order valence-electron chi connectivity index (χ3n) is 1.56. The van der Waals surface area contributed by atoms with E-state index in [4.69, 9.17) is 21.4 Å². The zero-order valence-electron chi connectivity index (χ0n) is 9.66. The third-order valence-corrected chi connectivity index (χ3v) is 1.73. The van der Waals surface area contributed by atoms with Gasteiger partial charge in [0.25, 0.3) is 4.84 Å². The van der Waals surface area contributed by atoms with Crippen LogP contribution < -0.4 is 5.32 Å². The molecule has 0 aliphatic carbocycles. The molecule has 0 radical (unpaired) electrons. The molecule has 2 N–H and O–H groups in total. The lowest BCUT2D eigenvalue weighted by Gasteiger charge is -2.20. The van der Waals surface area contributed by atoms with Crippen LogP contribution in [0.5, 0.6) is 0 Å². The summed E-state index contributed by atoms with van der Waals surface area (Å²) in [6.07, 6.45) is -0.524. The summed E-state index contributed by atoms with van der Waals surface area (Å²) in [4.78, 5) is 11.6. The van der Waals surface area contributed by atoms with E-state index in [-0.39, 0.29) is 4.84 Å². The van der Waals surface area contributed by atoms with Crippen LogP contribution in [-0.2, 0) is 4.74 Å². The highest BCUT2D eigenvalue weighted by atomic mass is 32.1. The van der Waals surface area contributed by atoms with Crippen LogP contribution in [-0.4, -0.2) is 21.9 Å². The number of amides is 1. The maximum atomic E-state index is 11.4. The van der Waals surface area contributed by atoms with Gasteiger partial charge in [0, 0.05) is 0 Å². The van der Waals surface area contributed by atoms with Crippen molar-refractivity contribution in [2.24, 2.45) is 0 Å². The molecule has 0 aliphatic heterocycles. The number of hydrogen-bond acceptors (Lipinski definition) is 5. The highest BCUT2D eigenvalue weighted by Gasteiger charge is 2.20. The third kappa shape index (κ3) is 4.01. The number of carbonyl (C=O) groups is 1. The minimum Gasteiger partial charge on any atom is -0.444 e. The fourth-order valence-electron chi connectivity index (χ4n) is 0.973. The Hall–Kier alpha value is -1.37. The van der Waals surface area contributed by atoms with Gasteiger partial charge in [-0.25, -0.2) is 9.89 Å². The Balaban J connectivity index is 2.55. The zero-order valence-corrected chi connectivity index (χ0v) is 10.5. The Kier molecular flexibility index (Phi) is 3.69. The monoisotopic (exact) mass is 245 g/mol. The van der Waals surface area contributed by atoms with Crippen LogP contribution >= 0.6 is 12.2 Å². The normalized spacial score (nSPS) is 13.2. The number of aromatic nitrogens is 2. The molecule has 6 nitrogen and oxygen atoms in total. The van der Waals surface area contributed by atoms with Crippen LogP contribution in [0.4, 0.5) is 4.79 Å². The Labute approximate surface area is 98.4 Å². The van der Waals surface area contributed by atoms with Crippen molar-refractivity contribution in [1.29, 1.82) is 0 Å². The average Bonchev–Trinajstić information content (AvgIpc) is 2.47. The van der Waals surface area contributed by atoms with E-state index in [2.05, 4.69) is 15.5 Å². The number of nitrogens with zero attached hydrogens (tertiary/aromatic N) is 1. The second kappa shape index (κ2) is 4.65. The molecule has 1 aromatic heterocycles. The number of carbonyl (C=O) groups excluding carboxylic acids is 1. The quantitative estimate of drug-likeness (QED) is 0.781. The van der Waals surface area contributed by atoms with Gasteiger partial charge in [-0.1, -0.05) is 0 Å². The first kappa shape index (κ1) is 12.7. The van der Waals surface area contributed by atoms with Gasteiger partial charge in [0.05, 0.1) is 0 Å². The number of rotatable bonds is 2. The lowest BCUT2D eigenvalue weighted by Crippen LogP contribution is -2.34. The fourth-order valence-corrected chi connectivity index (χ4v) is 1.10.